The Bertz CT molecular complexity index is 478. The summed E-state index contributed by atoms with van der Waals surface area (Å²) in [5.74, 6) is -0.997. The Morgan fingerprint density at radius 1 is 1.21 bits per heavy atom. The van der Waals surface area contributed by atoms with Gasteiger partial charge in [0.1, 0.15) is 0 Å². The maximum absolute atomic E-state index is 10.9. The maximum atomic E-state index is 10.9. The molecule has 0 unspecified atom stereocenters. The number of hydrogen-bond acceptors (Lipinski definition) is 3. The van der Waals surface area contributed by atoms with Gasteiger partial charge in [0, 0.05) is 30.4 Å². The van der Waals surface area contributed by atoms with Gasteiger partial charge in [0.25, 0.3) is 0 Å². The molecule has 0 spiro atoms. The lowest BCUT2D eigenvalue weighted by atomic mass is 10.2. The van der Waals surface area contributed by atoms with Gasteiger partial charge < -0.3 is 15.7 Å². The summed E-state index contributed by atoms with van der Waals surface area (Å²) in [6.07, 6.45) is 2.16. The van der Waals surface area contributed by atoms with Crippen molar-refractivity contribution in [3.63, 3.8) is 0 Å². The van der Waals surface area contributed by atoms with Crippen molar-refractivity contribution >= 4 is 23.3 Å². The Morgan fingerprint density at radius 3 is 2.26 bits per heavy atom. The average molecular weight is 262 g/mol. The topological polar surface area (TPSA) is 78.4 Å². The molecule has 1 rings (SSSR count). The Labute approximate surface area is 112 Å². The second-order valence-corrected chi connectivity index (χ2v) is 4.03. The fourth-order valence-electron chi connectivity index (χ4n) is 1.55. The standard InChI is InChI=1S/C14H18N2O3/c1-3-11(14(18)19)8-9-15-12-4-6-13(7-5-12)16-10(2)17/h4-8,15H,3,9H2,1-2H3,(H,16,17)(H,18,19)/b11-8-. The molecule has 0 radical (unpaired) electrons. The zero-order valence-corrected chi connectivity index (χ0v) is 11.1. The lowest BCUT2D eigenvalue weighted by Crippen LogP contribution is -2.06. The molecule has 1 amide bonds. The molecule has 0 saturated heterocycles. The molecule has 5 heteroatoms. The van der Waals surface area contributed by atoms with E-state index in [0.717, 1.165) is 11.4 Å². The minimum atomic E-state index is -0.884. The van der Waals surface area contributed by atoms with Gasteiger partial charge in [-0.15, -0.1) is 0 Å². The van der Waals surface area contributed by atoms with Crippen molar-refractivity contribution in [1.29, 1.82) is 0 Å². The highest BCUT2D eigenvalue weighted by atomic mass is 16.4. The zero-order valence-electron chi connectivity index (χ0n) is 11.1. The highest BCUT2D eigenvalue weighted by Crippen LogP contribution is 2.13. The number of carbonyl (C=O) groups is 2. The van der Waals surface area contributed by atoms with E-state index in [9.17, 15) is 9.59 Å². The molecule has 0 heterocycles. The minimum Gasteiger partial charge on any atom is -0.478 e. The van der Waals surface area contributed by atoms with Gasteiger partial charge in [0.15, 0.2) is 0 Å². The van der Waals surface area contributed by atoms with Crippen LogP contribution in [0.25, 0.3) is 0 Å². The number of anilines is 2. The molecular weight excluding hydrogens is 244 g/mol. The Balaban J connectivity index is 2.54. The fraction of sp³-hybridized carbons (Fsp3) is 0.286. The summed E-state index contributed by atoms with van der Waals surface area (Å²) in [7, 11) is 0. The number of carbonyl (C=O) groups excluding carboxylic acids is 1. The van der Waals surface area contributed by atoms with Crippen molar-refractivity contribution in [3.05, 3.63) is 35.9 Å². The molecule has 1 aromatic carbocycles. The summed E-state index contributed by atoms with van der Waals surface area (Å²) in [6.45, 7) is 3.71. The molecule has 0 aliphatic rings. The third-order valence-corrected chi connectivity index (χ3v) is 2.52. The van der Waals surface area contributed by atoms with Crippen LogP contribution in [0.1, 0.15) is 20.3 Å². The van der Waals surface area contributed by atoms with Crippen LogP contribution in [0.4, 0.5) is 11.4 Å². The molecule has 3 N–H and O–H groups in total. The third-order valence-electron chi connectivity index (χ3n) is 2.52. The summed E-state index contributed by atoms with van der Waals surface area (Å²) in [4.78, 5) is 21.6. The van der Waals surface area contributed by atoms with Crippen LogP contribution in [0, 0.1) is 0 Å². The second-order valence-electron chi connectivity index (χ2n) is 4.03. The number of nitrogens with one attached hydrogen (secondary N) is 2. The second kappa shape index (κ2) is 7.20. The Hall–Kier alpha value is -2.30. The number of hydrogen-bond donors (Lipinski definition) is 3. The molecule has 5 nitrogen and oxygen atoms in total. The van der Waals surface area contributed by atoms with E-state index in [2.05, 4.69) is 10.6 Å². The van der Waals surface area contributed by atoms with E-state index < -0.39 is 5.97 Å². The van der Waals surface area contributed by atoms with E-state index in [4.69, 9.17) is 5.11 Å². The number of amides is 1. The van der Waals surface area contributed by atoms with Crippen molar-refractivity contribution < 1.29 is 14.7 Å². The molecule has 0 atom stereocenters. The number of rotatable bonds is 6. The van der Waals surface area contributed by atoms with Crippen LogP contribution in [0.15, 0.2) is 35.9 Å². The molecule has 102 valence electrons. The minimum absolute atomic E-state index is 0.113. The monoisotopic (exact) mass is 262 g/mol. The van der Waals surface area contributed by atoms with E-state index in [1.807, 2.05) is 19.1 Å². The quantitative estimate of drug-likeness (QED) is 0.688. The summed E-state index contributed by atoms with van der Waals surface area (Å²) in [5, 5.41) is 14.6. The van der Waals surface area contributed by atoms with Gasteiger partial charge in [-0.25, -0.2) is 4.79 Å². The maximum Gasteiger partial charge on any atom is 0.331 e. The highest BCUT2D eigenvalue weighted by Gasteiger charge is 2.02. The number of aliphatic carboxylic acids is 1. The van der Waals surface area contributed by atoms with E-state index in [-0.39, 0.29) is 5.91 Å². The van der Waals surface area contributed by atoms with Gasteiger partial charge in [-0.05, 0) is 30.7 Å². The summed E-state index contributed by atoms with van der Waals surface area (Å²) < 4.78 is 0. The molecule has 0 fully saturated rings. The van der Waals surface area contributed by atoms with Gasteiger partial charge >= 0.3 is 5.97 Å². The third kappa shape index (κ3) is 5.25. The van der Waals surface area contributed by atoms with Crippen LogP contribution in [-0.4, -0.2) is 23.5 Å². The average Bonchev–Trinajstić information content (AvgIpc) is 2.35. The van der Waals surface area contributed by atoms with Crippen molar-refractivity contribution in [2.24, 2.45) is 0 Å². The molecule has 0 aromatic heterocycles. The lowest BCUT2D eigenvalue weighted by Gasteiger charge is -2.06. The van der Waals surface area contributed by atoms with Crippen LogP contribution in [0.2, 0.25) is 0 Å². The molecule has 0 aliphatic heterocycles. The number of carboxylic acid groups (broad SMARTS) is 1. The largest absolute Gasteiger partial charge is 0.478 e. The molecule has 19 heavy (non-hydrogen) atoms. The SMILES string of the molecule is CC/C(=C/CNc1ccc(NC(C)=O)cc1)C(=O)O. The molecule has 0 aliphatic carbocycles. The van der Waals surface area contributed by atoms with E-state index >= 15 is 0 Å². The lowest BCUT2D eigenvalue weighted by molar-refractivity contribution is -0.132. The van der Waals surface area contributed by atoms with Crippen LogP contribution < -0.4 is 10.6 Å². The zero-order chi connectivity index (χ0) is 14.3. The van der Waals surface area contributed by atoms with Crippen LogP contribution in [0.3, 0.4) is 0 Å². The summed E-state index contributed by atoms with van der Waals surface area (Å²) >= 11 is 0. The van der Waals surface area contributed by atoms with Crippen molar-refractivity contribution in [2.45, 2.75) is 20.3 Å². The predicted molar refractivity (Wildman–Crippen MR) is 75.2 cm³/mol. The van der Waals surface area contributed by atoms with Gasteiger partial charge in [-0.3, -0.25) is 4.79 Å². The van der Waals surface area contributed by atoms with Gasteiger partial charge in [-0.2, -0.15) is 0 Å². The molecular formula is C14H18N2O3. The van der Waals surface area contributed by atoms with E-state index in [1.165, 1.54) is 6.92 Å². The normalized spacial score (nSPS) is 10.9. The summed E-state index contributed by atoms with van der Waals surface area (Å²) in [5.41, 5.74) is 1.99. The first-order chi connectivity index (χ1) is 9.02. The van der Waals surface area contributed by atoms with E-state index in [1.54, 1.807) is 18.2 Å². The smallest absolute Gasteiger partial charge is 0.331 e. The van der Waals surface area contributed by atoms with Crippen LogP contribution in [-0.2, 0) is 9.59 Å². The Kier molecular flexibility index (Phi) is 5.60. The molecule has 0 saturated carbocycles. The van der Waals surface area contributed by atoms with Crippen molar-refractivity contribution in [2.75, 3.05) is 17.2 Å². The first-order valence-corrected chi connectivity index (χ1v) is 6.06. The first kappa shape index (κ1) is 14.8. The van der Waals surface area contributed by atoms with Gasteiger partial charge in [-0.1, -0.05) is 13.0 Å². The Morgan fingerprint density at radius 2 is 1.79 bits per heavy atom. The fourth-order valence-corrected chi connectivity index (χ4v) is 1.55. The van der Waals surface area contributed by atoms with Gasteiger partial charge in [0.2, 0.25) is 5.91 Å². The van der Waals surface area contributed by atoms with Gasteiger partial charge in [0.05, 0.1) is 0 Å². The van der Waals surface area contributed by atoms with Crippen LogP contribution in [0.5, 0.6) is 0 Å². The molecule has 1 aromatic rings. The summed E-state index contributed by atoms with van der Waals surface area (Å²) in [6, 6.07) is 7.22. The number of carboxylic acids is 1. The highest BCUT2D eigenvalue weighted by molar-refractivity contribution is 5.88. The van der Waals surface area contributed by atoms with Crippen LogP contribution >= 0.6 is 0 Å². The number of benzene rings is 1. The molecule has 0 bridgehead atoms. The van der Waals surface area contributed by atoms with E-state index in [0.29, 0.717) is 18.5 Å². The first-order valence-electron chi connectivity index (χ1n) is 6.06. The van der Waals surface area contributed by atoms with Crippen molar-refractivity contribution in [3.8, 4) is 0 Å². The predicted octanol–water partition coefficient (Wildman–Crippen LogP) is 2.48. The van der Waals surface area contributed by atoms with Crippen molar-refractivity contribution in [1.82, 2.24) is 0 Å².